The molecule has 0 aromatic rings. The van der Waals surface area contributed by atoms with E-state index in [1.54, 1.807) is 0 Å². The predicted octanol–water partition coefficient (Wildman–Crippen LogP) is 0.296. The van der Waals surface area contributed by atoms with Gasteiger partial charge in [0.15, 0.2) is 0 Å². The lowest BCUT2D eigenvalue weighted by atomic mass is 10.3. The Balaban J connectivity index is 3.24. The van der Waals surface area contributed by atoms with E-state index < -0.39 is 6.10 Å². The Morgan fingerprint density at radius 2 is 1.95 bits per heavy atom. The first-order chi connectivity index (χ1) is 9.70. The van der Waals surface area contributed by atoms with Crippen molar-refractivity contribution in [3.05, 3.63) is 0 Å². The maximum Gasteiger partial charge on any atom is 0.221 e. The van der Waals surface area contributed by atoms with Crippen LogP contribution in [0.4, 0.5) is 0 Å². The summed E-state index contributed by atoms with van der Waals surface area (Å²) in [6.07, 6.45) is 2.06. The second kappa shape index (κ2) is 14.7. The average Bonchev–Trinajstić information content (AvgIpc) is 2.43. The Morgan fingerprint density at radius 1 is 1.20 bits per heavy atom. The third-order valence-corrected chi connectivity index (χ3v) is 2.61. The van der Waals surface area contributed by atoms with E-state index in [1.165, 1.54) is 0 Å². The molecule has 0 aliphatic heterocycles. The number of carbonyl (C=O) groups excluding carboxylic acids is 1. The van der Waals surface area contributed by atoms with Crippen molar-refractivity contribution in [1.29, 1.82) is 0 Å². The van der Waals surface area contributed by atoms with Gasteiger partial charge in [0.05, 0.1) is 25.9 Å². The molecule has 1 unspecified atom stereocenters. The van der Waals surface area contributed by atoms with Crippen molar-refractivity contribution in [2.24, 2.45) is 0 Å². The van der Waals surface area contributed by atoms with Gasteiger partial charge < -0.3 is 25.2 Å². The predicted molar refractivity (Wildman–Crippen MR) is 78.7 cm³/mol. The van der Waals surface area contributed by atoms with E-state index in [9.17, 15) is 9.90 Å². The second-order valence-corrected chi connectivity index (χ2v) is 4.60. The zero-order chi connectivity index (χ0) is 15.1. The summed E-state index contributed by atoms with van der Waals surface area (Å²) in [6.45, 7) is 7.76. The topological polar surface area (TPSA) is 79.8 Å². The monoisotopic (exact) mass is 290 g/mol. The highest BCUT2D eigenvalue weighted by Gasteiger charge is 2.04. The van der Waals surface area contributed by atoms with Gasteiger partial charge in [0.2, 0.25) is 5.91 Å². The minimum absolute atomic E-state index is 0.0231. The quantitative estimate of drug-likeness (QED) is 0.401. The van der Waals surface area contributed by atoms with Crippen LogP contribution in [0.15, 0.2) is 0 Å². The van der Waals surface area contributed by atoms with Crippen LogP contribution in [0.3, 0.4) is 0 Å². The van der Waals surface area contributed by atoms with Crippen molar-refractivity contribution < 1.29 is 19.4 Å². The fourth-order valence-corrected chi connectivity index (χ4v) is 1.50. The highest BCUT2D eigenvalue weighted by Crippen LogP contribution is 1.89. The summed E-state index contributed by atoms with van der Waals surface area (Å²) in [5, 5.41) is 15.4. The molecule has 0 fully saturated rings. The van der Waals surface area contributed by atoms with Gasteiger partial charge in [-0.1, -0.05) is 13.3 Å². The Labute approximate surface area is 122 Å². The van der Waals surface area contributed by atoms with E-state index in [0.29, 0.717) is 39.3 Å². The SMILES string of the molecule is CCCCOCCOCC(O)CNCCC(=O)NCC. The van der Waals surface area contributed by atoms with Crippen LogP contribution in [0.2, 0.25) is 0 Å². The van der Waals surface area contributed by atoms with Gasteiger partial charge in [-0.15, -0.1) is 0 Å². The van der Waals surface area contributed by atoms with Crippen LogP contribution >= 0.6 is 0 Å². The fraction of sp³-hybridized carbons (Fsp3) is 0.929. The van der Waals surface area contributed by atoms with Gasteiger partial charge >= 0.3 is 0 Å². The first-order valence-corrected chi connectivity index (χ1v) is 7.51. The largest absolute Gasteiger partial charge is 0.389 e. The standard InChI is InChI=1S/C14H30N2O4/c1-3-5-8-19-9-10-20-12-13(17)11-15-7-6-14(18)16-4-2/h13,15,17H,3-12H2,1-2H3,(H,16,18). The van der Waals surface area contributed by atoms with Crippen molar-refractivity contribution in [3.63, 3.8) is 0 Å². The van der Waals surface area contributed by atoms with Crippen molar-refractivity contribution in [2.45, 2.75) is 39.2 Å². The van der Waals surface area contributed by atoms with E-state index in [2.05, 4.69) is 17.6 Å². The molecule has 120 valence electrons. The molecule has 0 rings (SSSR count). The molecule has 0 aliphatic carbocycles. The van der Waals surface area contributed by atoms with Crippen LogP contribution in [0.25, 0.3) is 0 Å². The number of aliphatic hydroxyl groups is 1. The maximum absolute atomic E-state index is 11.2. The van der Waals surface area contributed by atoms with Crippen molar-refractivity contribution in [2.75, 3.05) is 46.1 Å². The molecule has 1 atom stereocenters. The molecule has 20 heavy (non-hydrogen) atoms. The van der Waals surface area contributed by atoms with Gasteiger partial charge in [0, 0.05) is 32.7 Å². The van der Waals surface area contributed by atoms with E-state index >= 15 is 0 Å². The van der Waals surface area contributed by atoms with Crippen molar-refractivity contribution >= 4 is 5.91 Å². The third-order valence-electron chi connectivity index (χ3n) is 2.61. The lowest BCUT2D eigenvalue weighted by Gasteiger charge is -2.12. The van der Waals surface area contributed by atoms with Crippen LogP contribution in [0, 0.1) is 0 Å². The zero-order valence-corrected chi connectivity index (χ0v) is 12.8. The molecule has 1 amide bonds. The van der Waals surface area contributed by atoms with E-state index in [0.717, 1.165) is 19.4 Å². The van der Waals surface area contributed by atoms with E-state index in [4.69, 9.17) is 9.47 Å². The lowest BCUT2D eigenvalue weighted by Crippen LogP contribution is -2.33. The average molecular weight is 290 g/mol. The summed E-state index contributed by atoms with van der Waals surface area (Å²) >= 11 is 0. The van der Waals surface area contributed by atoms with Gasteiger partial charge in [0.25, 0.3) is 0 Å². The molecule has 6 heteroatoms. The number of hydrogen-bond donors (Lipinski definition) is 3. The minimum Gasteiger partial charge on any atom is -0.389 e. The van der Waals surface area contributed by atoms with E-state index in [1.807, 2.05) is 6.92 Å². The molecule has 3 N–H and O–H groups in total. The molecule has 0 aromatic heterocycles. The summed E-state index contributed by atoms with van der Waals surface area (Å²) in [5.74, 6) is 0.0231. The third kappa shape index (κ3) is 13.7. The number of ether oxygens (including phenoxy) is 2. The molecule has 0 saturated heterocycles. The van der Waals surface area contributed by atoms with Crippen LogP contribution < -0.4 is 10.6 Å². The first-order valence-electron chi connectivity index (χ1n) is 7.51. The first kappa shape index (κ1) is 19.3. The van der Waals surface area contributed by atoms with Crippen LogP contribution in [0.1, 0.15) is 33.1 Å². The molecule has 0 aliphatic rings. The maximum atomic E-state index is 11.2. The zero-order valence-electron chi connectivity index (χ0n) is 12.8. The Kier molecular flexibility index (Phi) is 14.2. The Morgan fingerprint density at radius 3 is 2.65 bits per heavy atom. The molecule has 0 heterocycles. The number of carbonyl (C=O) groups is 1. The number of unbranched alkanes of at least 4 members (excludes halogenated alkanes) is 1. The summed E-state index contributed by atoms with van der Waals surface area (Å²) < 4.78 is 10.6. The number of hydrogen-bond acceptors (Lipinski definition) is 5. The van der Waals surface area contributed by atoms with Gasteiger partial charge in [-0.05, 0) is 13.3 Å². The molecule has 0 radical (unpaired) electrons. The molecule has 0 saturated carbocycles. The van der Waals surface area contributed by atoms with Crippen LogP contribution in [0.5, 0.6) is 0 Å². The molecule has 0 bridgehead atoms. The summed E-state index contributed by atoms with van der Waals surface area (Å²) in [5.41, 5.74) is 0. The smallest absolute Gasteiger partial charge is 0.221 e. The number of rotatable bonds is 14. The highest BCUT2D eigenvalue weighted by atomic mass is 16.5. The second-order valence-electron chi connectivity index (χ2n) is 4.60. The van der Waals surface area contributed by atoms with Crippen LogP contribution in [-0.2, 0) is 14.3 Å². The summed E-state index contributed by atoms with van der Waals surface area (Å²) in [7, 11) is 0. The molecule has 6 nitrogen and oxygen atoms in total. The van der Waals surface area contributed by atoms with E-state index in [-0.39, 0.29) is 12.5 Å². The number of aliphatic hydroxyl groups excluding tert-OH is 1. The molecule has 0 spiro atoms. The van der Waals surface area contributed by atoms with Crippen molar-refractivity contribution in [1.82, 2.24) is 10.6 Å². The number of amides is 1. The van der Waals surface area contributed by atoms with Gasteiger partial charge in [-0.3, -0.25) is 4.79 Å². The molecule has 0 aromatic carbocycles. The van der Waals surface area contributed by atoms with Gasteiger partial charge in [-0.2, -0.15) is 0 Å². The highest BCUT2D eigenvalue weighted by molar-refractivity contribution is 5.75. The normalized spacial score (nSPS) is 12.3. The lowest BCUT2D eigenvalue weighted by molar-refractivity contribution is -0.120. The summed E-state index contributed by atoms with van der Waals surface area (Å²) in [6, 6.07) is 0. The Hall–Kier alpha value is -0.690. The van der Waals surface area contributed by atoms with Crippen molar-refractivity contribution in [3.8, 4) is 0 Å². The molecular weight excluding hydrogens is 260 g/mol. The van der Waals surface area contributed by atoms with Gasteiger partial charge in [0.1, 0.15) is 0 Å². The number of nitrogens with one attached hydrogen (secondary N) is 2. The minimum atomic E-state index is -0.556. The molecular formula is C14H30N2O4. The Bertz CT molecular complexity index is 227. The fourth-order valence-electron chi connectivity index (χ4n) is 1.50. The van der Waals surface area contributed by atoms with Gasteiger partial charge in [-0.25, -0.2) is 0 Å². The van der Waals surface area contributed by atoms with Crippen LogP contribution in [-0.4, -0.2) is 63.2 Å². The summed E-state index contributed by atoms with van der Waals surface area (Å²) in [4.78, 5) is 11.2.